The van der Waals surface area contributed by atoms with Gasteiger partial charge in [0.1, 0.15) is 0 Å². The van der Waals surface area contributed by atoms with Gasteiger partial charge in [0.25, 0.3) is 0 Å². The van der Waals surface area contributed by atoms with Crippen molar-refractivity contribution in [3.8, 4) is 0 Å². The molecule has 1 heterocycles. The molecule has 3 rings (SSSR count). The van der Waals surface area contributed by atoms with Gasteiger partial charge in [-0.1, -0.05) is 49.5 Å². The van der Waals surface area contributed by atoms with Crippen LogP contribution in [0.4, 0.5) is 0 Å². The third-order valence-electron chi connectivity index (χ3n) is 5.42. The van der Waals surface area contributed by atoms with Gasteiger partial charge in [0, 0.05) is 12.5 Å². The highest BCUT2D eigenvalue weighted by atomic mass is 32.1. The highest BCUT2D eigenvalue weighted by molar-refractivity contribution is 7.80. The van der Waals surface area contributed by atoms with Gasteiger partial charge in [-0.25, -0.2) is 0 Å². The van der Waals surface area contributed by atoms with E-state index in [2.05, 4.69) is 43.0 Å². The molecule has 1 aromatic rings. The van der Waals surface area contributed by atoms with Crippen LogP contribution < -0.4 is 0 Å². The van der Waals surface area contributed by atoms with Crippen LogP contribution in [0, 0.1) is 17.3 Å². The lowest BCUT2D eigenvalue weighted by Crippen LogP contribution is -2.36. The van der Waals surface area contributed by atoms with Crippen LogP contribution in [0.2, 0.25) is 0 Å². The molecule has 1 aliphatic carbocycles. The van der Waals surface area contributed by atoms with Crippen LogP contribution >= 0.6 is 12.2 Å². The first-order valence-corrected chi connectivity index (χ1v) is 8.94. The molecular weight excluding hydrogens is 306 g/mol. The number of benzene rings is 1. The lowest BCUT2D eigenvalue weighted by Gasteiger charge is -2.29. The minimum atomic E-state index is -0.350. The van der Waals surface area contributed by atoms with E-state index in [0.717, 1.165) is 24.4 Å². The molecule has 4 heteroatoms. The first-order chi connectivity index (χ1) is 11.0. The molecule has 0 unspecified atom stereocenters. The van der Waals surface area contributed by atoms with Crippen molar-refractivity contribution in [2.75, 3.05) is 13.2 Å². The minimum Gasteiger partial charge on any atom is -0.466 e. The fraction of sp³-hybridized carbons (Fsp3) is 0.579. The topological polar surface area (TPSA) is 29.5 Å². The highest BCUT2D eigenvalue weighted by Crippen LogP contribution is 2.58. The zero-order valence-electron chi connectivity index (χ0n) is 14.1. The van der Waals surface area contributed by atoms with Crippen molar-refractivity contribution < 1.29 is 9.53 Å². The standard InChI is InChI=1S/C19H25NO2S/c1-4-22-18(21)19(10-11-19)16-13(2)12-20(17(16)23)14(3)15-8-6-5-7-9-15/h5-9,13-14,16H,4,10-12H2,1-3H3/t13-,14-,16+/m0/s1. The molecule has 1 saturated carbocycles. The Hall–Kier alpha value is -1.42. The van der Waals surface area contributed by atoms with Gasteiger partial charge in [0.05, 0.1) is 23.1 Å². The second kappa shape index (κ2) is 6.23. The van der Waals surface area contributed by atoms with Crippen molar-refractivity contribution in [1.82, 2.24) is 4.90 Å². The molecule has 1 saturated heterocycles. The summed E-state index contributed by atoms with van der Waals surface area (Å²) in [5.74, 6) is 0.483. The summed E-state index contributed by atoms with van der Waals surface area (Å²) in [6.07, 6.45) is 1.82. The molecule has 0 bridgehead atoms. The van der Waals surface area contributed by atoms with Crippen LogP contribution in [0.25, 0.3) is 0 Å². The van der Waals surface area contributed by atoms with Crippen molar-refractivity contribution in [3.63, 3.8) is 0 Å². The third kappa shape index (κ3) is 2.78. The average Bonchev–Trinajstić information content (AvgIpc) is 3.29. The van der Waals surface area contributed by atoms with Gasteiger partial charge < -0.3 is 9.64 Å². The van der Waals surface area contributed by atoms with Gasteiger partial charge in [-0.15, -0.1) is 0 Å². The molecule has 0 radical (unpaired) electrons. The minimum absolute atomic E-state index is 0.0478. The Morgan fingerprint density at radius 1 is 1.39 bits per heavy atom. The molecule has 124 valence electrons. The second-order valence-electron chi connectivity index (χ2n) is 6.91. The molecule has 1 aliphatic heterocycles. The van der Waals surface area contributed by atoms with Gasteiger partial charge in [-0.05, 0) is 38.2 Å². The molecule has 0 N–H and O–H groups in total. The summed E-state index contributed by atoms with van der Waals surface area (Å²) in [5.41, 5.74) is 0.918. The average molecular weight is 331 g/mol. The summed E-state index contributed by atoms with van der Waals surface area (Å²) in [6, 6.07) is 10.7. The van der Waals surface area contributed by atoms with Crippen LogP contribution in [0.5, 0.6) is 0 Å². The van der Waals surface area contributed by atoms with Crippen LogP contribution in [0.3, 0.4) is 0 Å². The van der Waals surface area contributed by atoms with Gasteiger partial charge in [0.15, 0.2) is 0 Å². The van der Waals surface area contributed by atoms with E-state index in [1.165, 1.54) is 5.56 Å². The first kappa shape index (κ1) is 16.4. The molecule has 3 nitrogen and oxygen atoms in total. The van der Waals surface area contributed by atoms with E-state index in [-0.39, 0.29) is 23.3 Å². The molecule has 3 atom stereocenters. The van der Waals surface area contributed by atoms with Gasteiger partial charge in [0.2, 0.25) is 0 Å². The Kier molecular flexibility index (Phi) is 4.45. The lowest BCUT2D eigenvalue weighted by atomic mass is 9.82. The van der Waals surface area contributed by atoms with Crippen LogP contribution in [0.1, 0.15) is 45.2 Å². The van der Waals surface area contributed by atoms with Crippen LogP contribution in [0.15, 0.2) is 30.3 Å². The molecule has 0 aromatic heterocycles. The highest BCUT2D eigenvalue weighted by Gasteiger charge is 2.62. The van der Waals surface area contributed by atoms with Crippen molar-refractivity contribution >= 4 is 23.2 Å². The Labute approximate surface area is 144 Å². The Balaban J connectivity index is 1.81. The lowest BCUT2D eigenvalue weighted by molar-refractivity contribution is -0.151. The number of nitrogens with zero attached hydrogens (tertiary/aromatic N) is 1. The molecule has 23 heavy (non-hydrogen) atoms. The number of hydrogen-bond acceptors (Lipinski definition) is 3. The smallest absolute Gasteiger partial charge is 0.312 e. The van der Waals surface area contributed by atoms with Crippen molar-refractivity contribution in [1.29, 1.82) is 0 Å². The van der Waals surface area contributed by atoms with Crippen molar-refractivity contribution in [2.24, 2.45) is 17.3 Å². The summed E-state index contributed by atoms with van der Waals surface area (Å²) in [6.45, 7) is 7.64. The van der Waals surface area contributed by atoms with E-state index in [4.69, 9.17) is 17.0 Å². The largest absolute Gasteiger partial charge is 0.466 e. The van der Waals surface area contributed by atoms with E-state index in [1.807, 2.05) is 13.0 Å². The predicted octanol–water partition coefficient (Wildman–Crippen LogP) is 3.99. The fourth-order valence-electron chi connectivity index (χ4n) is 4.02. The van der Waals surface area contributed by atoms with E-state index in [9.17, 15) is 4.79 Å². The molecule has 2 fully saturated rings. The van der Waals surface area contributed by atoms with E-state index >= 15 is 0 Å². The number of rotatable bonds is 5. The Morgan fingerprint density at radius 3 is 2.61 bits per heavy atom. The van der Waals surface area contributed by atoms with Crippen molar-refractivity contribution in [2.45, 2.75) is 39.7 Å². The van der Waals surface area contributed by atoms with Crippen molar-refractivity contribution in [3.05, 3.63) is 35.9 Å². The number of esters is 1. The monoisotopic (exact) mass is 331 g/mol. The summed E-state index contributed by atoms with van der Waals surface area (Å²) in [7, 11) is 0. The Morgan fingerprint density at radius 2 is 2.04 bits per heavy atom. The first-order valence-electron chi connectivity index (χ1n) is 8.54. The number of carbonyl (C=O) groups excluding carboxylic acids is 1. The van der Waals surface area contributed by atoms with Gasteiger partial charge >= 0.3 is 5.97 Å². The molecule has 0 spiro atoms. The third-order valence-corrected chi connectivity index (χ3v) is 5.91. The van der Waals surface area contributed by atoms with Crippen LogP contribution in [-0.4, -0.2) is 29.0 Å². The number of carbonyl (C=O) groups is 1. The fourth-order valence-corrected chi connectivity index (χ4v) is 4.71. The second-order valence-corrected chi connectivity index (χ2v) is 7.33. The Bertz CT molecular complexity index is 597. The molecule has 0 amide bonds. The quantitative estimate of drug-likeness (QED) is 0.603. The number of likely N-dealkylation sites (tertiary alicyclic amines) is 1. The van der Waals surface area contributed by atoms with Gasteiger partial charge in [-0.3, -0.25) is 4.79 Å². The number of thiocarbonyl (C=S) groups is 1. The maximum Gasteiger partial charge on any atom is 0.312 e. The maximum atomic E-state index is 12.5. The van der Waals surface area contributed by atoms with E-state index in [0.29, 0.717) is 12.5 Å². The number of ether oxygens (including phenoxy) is 1. The molecular formula is C19H25NO2S. The maximum absolute atomic E-state index is 12.5. The van der Waals surface area contributed by atoms with Crippen LogP contribution in [-0.2, 0) is 9.53 Å². The van der Waals surface area contributed by atoms with Gasteiger partial charge in [-0.2, -0.15) is 0 Å². The predicted molar refractivity (Wildman–Crippen MR) is 95.1 cm³/mol. The molecule has 2 aliphatic rings. The summed E-state index contributed by atoms with van der Waals surface area (Å²) in [5, 5.41) is 0. The van der Waals surface area contributed by atoms with E-state index in [1.54, 1.807) is 0 Å². The van der Waals surface area contributed by atoms with E-state index < -0.39 is 0 Å². The molecule has 1 aromatic carbocycles. The summed E-state index contributed by atoms with van der Waals surface area (Å²) < 4.78 is 5.34. The zero-order valence-corrected chi connectivity index (χ0v) is 14.9. The summed E-state index contributed by atoms with van der Waals surface area (Å²) >= 11 is 5.82. The number of hydrogen-bond donors (Lipinski definition) is 0. The SMILES string of the molecule is CCOC(=O)C1([C@H]2C(=S)N([C@@H](C)c3ccccc3)C[C@@H]2C)CC1. The summed E-state index contributed by atoms with van der Waals surface area (Å²) in [4.78, 5) is 15.7. The normalized spacial score (nSPS) is 26.9. The zero-order chi connectivity index (χ0) is 16.6.